The number of amides is 2. The molecule has 1 aromatic rings. The highest BCUT2D eigenvalue weighted by molar-refractivity contribution is 9.10. The summed E-state index contributed by atoms with van der Waals surface area (Å²) in [6, 6.07) is 3.00. The molecule has 7 nitrogen and oxygen atoms in total. The van der Waals surface area contributed by atoms with Crippen LogP contribution in [0, 0.1) is 0 Å². The van der Waals surface area contributed by atoms with Gasteiger partial charge in [-0.1, -0.05) is 22.9 Å². The lowest BCUT2D eigenvalue weighted by molar-refractivity contribution is -0.145. The number of nitrogens with one attached hydrogen (secondary N) is 2. The van der Waals surface area contributed by atoms with Gasteiger partial charge in [-0.25, -0.2) is 9.59 Å². The van der Waals surface area contributed by atoms with E-state index in [9.17, 15) is 14.4 Å². The zero-order chi connectivity index (χ0) is 16.0. The summed E-state index contributed by atoms with van der Waals surface area (Å²) in [5.74, 6) is -2.71. The van der Waals surface area contributed by atoms with E-state index in [0.29, 0.717) is 12.1 Å². The highest BCUT2D eigenvalue weighted by Crippen LogP contribution is 2.21. The zero-order valence-electron chi connectivity index (χ0n) is 11.2. The van der Waals surface area contributed by atoms with Gasteiger partial charge in [-0.15, -0.1) is 0 Å². The summed E-state index contributed by atoms with van der Waals surface area (Å²) in [6.45, 7) is 1.91. The lowest BCUT2D eigenvalue weighted by Gasteiger charge is -2.15. The maximum atomic E-state index is 11.8. The van der Waals surface area contributed by atoms with Gasteiger partial charge in [-0.05, 0) is 30.2 Å². The zero-order valence-corrected chi connectivity index (χ0v) is 12.8. The van der Waals surface area contributed by atoms with Crippen LogP contribution in [0.4, 0.5) is 10.5 Å². The van der Waals surface area contributed by atoms with Crippen LogP contribution in [-0.4, -0.2) is 34.2 Å². The number of carbonyl (C=O) groups is 3. The van der Waals surface area contributed by atoms with Crippen molar-refractivity contribution >= 4 is 39.6 Å². The quantitative estimate of drug-likeness (QED) is 0.621. The van der Waals surface area contributed by atoms with Gasteiger partial charge in [0.2, 0.25) is 0 Å². The molecule has 1 aromatic carbocycles. The van der Waals surface area contributed by atoms with Crippen molar-refractivity contribution in [3.8, 4) is 0 Å². The van der Waals surface area contributed by atoms with Crippen molar-refractivity contribution in [2.75, 3.05) is 5.32 Å². The number of anilines is 1. The summed E-state index contributed by atoms with van der Waals surface area (Å²) in [5, 5.41) is 22.1. The Balaban J connectivity index is 2.76. The van der Waals surface area contributed by atoms with E-state index in [1.165, 1.54) is 0 Å². The SMILES string of the molecule is CCc1cc(Br)ccc1NC(=O)NC(CC(=O)O)C(=O)O. The Hall–Kier alpha value is -2.09. The monoisotopic (exact) mass is 358 g/mol. The third-order valence-electron chi connectivity index (χ3n) is 2.68. The lowest BCUT2D eigenvalue weighted by Crippen LogP contribution is -2.44. The molecule has 0 heterocycles. The van der Waals surface area contributed by atoms with Crippen molar-refractivity contribution in [3.05, 3.63) is 28.2 Å². The van der Waals surface area contributed by atoms with E-state index in [1.54, 1.807) is 12.1 Å². The number of carbonyl (C=O) groups excluding carboxylic acids is 1. The summed E-state index contributed by atoms with van der Waals surface area (Å²) in [5.41, 5.74) is 1.40. The molecule has 0 aliphatic rings. The maximum absolute atomic E-state index is 11.8. The van der Waals surface area contributed by atoms with Crippen LogP contribution in [-0.2, 0) is 16.0 Å². The number of urea groups is 1. The Bertz CT molecular complexity index is 561. The first-order valence-corrected chi connectivity index (χ1v) is 6.93. The minimum atomic E-state index is -1.48. The van der Waals surface area contributed by atoms with Gasteiger partial charge in [-0.2, -0.15) is 0 Å². The molecule has 1 atom stereocenters. The third kappa shape index (κ3) is 5.42. The Labute approximate surface area is 129 Å². The van der Waals surface area contributed by atoms with Crippen molar-refractivity contribution < 1.29 is 24.6 Å². The predicted octanol–water partition coefficient (Wildman–Crippen LogP) is 2.06. The van der Waals surface area contributed by atoms with Crippen LogP contribution in [0.2, 0.25) is 0 Å². The van der Waals surface area contributed by atoms with Crippen molar-refractivity contribution in [1.82, 2.24) is 5.32 Å². The Morgan fingerprint density at radius 3 is 2.48 bits per heavy atom. The number of aryl methyl sites for hydroxylation is 1. The number of rotatable bonds is 6. The Kier molecular flexibility index (Phi) is 6.16. The van der Waals surface area contributed by atoms with E-state index in [1.807, 2.05) is 13.0 Å². The molecule has 114 valence electrons. The van der Waals surface area contributed by atoms with Gasteiger partial charge < -0.3 is 20.8 Å². The molecule has 4 N–H and O–H groups in total. The summed E-state index contributed by atoms with van der Waals surface area (Å²) in [6.07, 6.45) is -0.0176. The lowest BCUT2D eigenvalue weighted by atomic mass is 10.1. The molecule has 2 amide bonds. The molecular formula is C13H15BrN2O5. The van der Waals surface area contributed by atoms with Crippen LogP contribution in [0.25, 0.3) is 0 Å². The summed E-state index contributed by atoms with van der Waals surface area (Å²) in [7, 11) is 0. The van der Waals surface area contributed by atoms with Gasteiger partial charge in [0.05, 0.1) is 6.42 Å². The molecule has 21 heavy (non-hydrogen) atoms. The van der Waals surface area contributed by atoms with E-state index in [0.717, 1.165) is 10.0 Å². The number of aliphatic carboxylic acids is 2. The first-order valence-electron chi connectivity index (χ1n) is 6.14. The summed E-state index contributed by atoms with van der Waals surface area (Å²) >= 11 is 3.32. The molecule has 0 spiro atoms. The number of benzene rings is 1. The minimum Gasteiger partial charge on any atom is -0.481 e. The fourth-order valence-corrected chi connectivity index (χ4v) is 2.08. The molecule has 0 fully saturated rings. The van der Waals surface area contributed by atoms with Gasteiger partial charge in [0, 0.05) is 10.2 Å². The second-order valence-electron chi connectivity index (χ2n) is 4.24. The summed E-state index contributed by atoms with van der Waals surface area (Å²) in [4.78, 5) is 33.2. The van der Waals surface area contributed by atoms with Crippen LogP contribution < -0.4 is 10.6 Å². The number of halogens is 1. The van der Waals surface area contributed by atoms with E-state index in [4.69, 9.17) is 10.2 Å². The van der Waals surface area contributed by atoms with Crippen molar-refractivity contribution in [3.63, 3.8) is 0 Å². The number of carboxylic acid groups (broad SMARTS) is 2. The normalized spacial score (nSPS) is 11.5. The third-order valence-corrected chi connectivity index (χ3v) is 3.17. The van der Waals surface area contributed by atoms with Crippen LogP contribution >= 0.6 is 15.9 Å². The number of hydrogen-bond donors (Lipinski definition) is 4. The van der Waals surface area contributed by atoms with Gasteiger partial charge >= 0.3 is 18.0 Å². The summed E-state index contributed by atoms with van der Waals surface area (Å²) < 4.78 is 0.861. The van der Waals surface area contributed by atoms with Crippen LogP contribution in [0.1, 0.15) is 18.9 Å². The average molecular weight is 359 g/mol. The van der Waals surface area contributed by atoms with E-state index >= 15 is 0 Å². The largest absolute Gasteiger partial charge is 0.481 e. The number of carboxylic acids is 2. The van der Waals surface area contributed by atoms with E-state index < -0.39 is 30.4 Å². The first kappa shape index (κ1) is 17.0. The van der Waals surface area contributed by atoms with Gasteiger partial charge in [0.25, 0.3) is 0 Å². The van der Waals surface area contributed by atoms with Crippen molar-refractivity contribution in [1.29, 1.82) is 0 Å². The molecule has 0 radical (unpaired) electrons. The van der Waals surface area contributed by atoms with E-state index in [2.05, 4.69) is 26.6 Å². The fraction of sp³-hybridized carbons (Fsp3) is 0.308. The van der Waals surface area contributed by atoms with Gasteiger partial charge in [0.1, 0.15) is 6.04 Å². The van der Waals surface area contributed by atoms with Crippen molar-refractivity contribution in [2.45, 2.75) is 25.8 Å². The van der Waals surface area contributed by atoms with Crippen LogP contribution in [0.5, 0.6) is 0 Å². The molecule has 0 saturated heterocycles. The molecule has 0 bridgehead atoms. The van der Waals surface area contributed by atoms with Crippen LogP contribution in [0.3, 0.4) is 0 Å². The smallest absolute Gasteiger partial charge is 0.326 e. The fourth-order valence-electron chi connectivity index (χ4n) is 1.67. The predicted molar refractivity (Wildman–Crippen MR) is 79.4 cm³/mol. The molecule has 1 rings (SSSR count). The number of hydrogen-bond acceptors (Lipinski definition) is 3. The molecule has 0 aliphatic heterocycles. The van der Waals surface area contributed by atoms with Crippen LogP contribution in [0.15, 0.2) is 22.7 Å². The maximum Gasteiger partial charge on any atom is 0.326 e. The second kappa shape index (κ2) is 7.63. The molecule has 0 saturated carbocycles. The minimum absolute atomic E-state index is 0.540. The topological polar surface area (TPSA) is 116 Å². The second-order valence-corrected chi connectivity index (χ2v) is 5.16. The van der Waals surface area contributed by atoms with E-state index in [-0.39, 0.29) is 0 Å². The molecule has 8 heteroatoms. The van der Waals surface area contributed by atoms with Gasteiger partial charge in [-0.3, -0.25) is 4.79 Å². The Morgan fingerprint density at radius 2 is 1.95 bits per heavy atom. The Morgan fingerprint density at radius 1 is 1.29 bits per heavy atom. The van der Waals surface area contributed by atoms with Crippen molar-refractivity contribution in [2.24, 2.45) is 0 Å². The molecule has 0 aliphatic carbocycles. The highest BCUT2D eigenvalue weighted by atomic mass is 79.9. The average Bonchev–Trinajstić information content (AvgIpc) is 2.39. The standard InChI is InChI=1S/C13H15BrN2O5/c1-2-7-5-8(14)3-4-9(7)15-13(21)16-10(12(19)20)6-11(17)18/h3-5,10H,2,6H2,1H3,(H,17,18)(H,19,20)(H2,15,16,21). The highest BCUT2D eigenvalue weighted by Gasteiger charge is 2.23. The first-order chi connectivity index (χ1) is 9.83. The molecule has 0 aromatic heterocycles. The molecule has 1 unspecified atom stereocenters. The van der Waals surface area contributed by atoms with Gasteiger partial charge in [0.15, 0.2) is 0 Å². The molecular weight excluding hydrogens is 344 g/mol.